The number of amides is 2. The molecular formula is C17H17ClN4O3. The molecule has 3 rings (SSSR count). The van der Waals surface area contributed by atoms with Crippen LogP contribution in [-0.2, 0) is 4.79 Å². The number of benzene rings is 1. The van der Waals surface area contributed by atoms with Gasteiger partial charge in [0.15, 0.2) is 5.82 Å². The van der Waals surface area contributed by atoms with Crippen molar-refractivity contribution in [3.05, 3.63) is 53.7 Å². The first-order valence-electron chi connectivity index (χ1n) is 7.63. The molecule has 0 atom stereocenters. The van der Waals surface area contributed by atoms with Crippen LogP contribution in [0.2, 0.25) is 5.02 Å². The van der Waals surface area contributed by atoms with Gasteiger partial charge in [-0.3, -0.25) is 14.3 Å². The van der Waals surface area contributed by atoms with Gasteiger partial charge in [0.25, 0.3) is 5.91 Å². The van der Waals surface area contributed by atoms with Crippen LogP contribution in [0.3, 0.4) is 0 Å². The standard InChI is InChI=1S/C17H17ClN4O3/c1-3-16(23)21-9-12(10-21)22-7-6-15(20-22)19-17(24)13-5-4-11(18)8-14(13)25-2/h3-8,12H,1,9-10H2,2H3,(H,19,20,24). The van der Waals surface area contributed by atoms with Crippen LogP contribution in [0.1, 0.15) is 16.4 Å². The summed E-state index contributed by atoms with van der Waals surface area (Å²) in [5, 5.41) is 7.56. The molecule has 1 fully saturated rings. The minimum atomic E-state index is -0.337. The zero-order valence-corrected chi connectivity index (χ0v) is 14.4. The number of ether oxygens (including phenoxy) is 1. The van der Waals surface area contributed by atoms with Gasteiger partial charge in [-0.2, -0.15) is 5.10 Å². The molecule has 0 radical (unpaired) electrons. The zero-order chi connectivity index (χ0) is 18.0. The van der Waals surface area contributed by atoms with Crippen LogP contribution in [-0.4, -0.2) is 46.7 Å². The lowest BCUT2D eigenvalue weighted by atomic mass is 10.1. The van der Waals surface area contributed by atoms with E-state index in [1.54, 1.807) is 40.0 Å². The topological polar surface area (TPSA) is 76.5 Å². The molecule has 1 aliphatic heterocycles. The second kappa shape index (κ2) is 6.98. The molecule has 0 saturated carbocycles. The third-order valence-corrected chi connectivity index (χ3v) is 4.22. The van der Waals surface area contributed by atoms with E-state index in [1.165, 1.54) is 13.2 Å². The zero-order valence-electron chi connectivity index (χ0n) is 13.6. The smallest absolute Gasteiger partial charge is 0.260 e. The van der Waals surface area contributed by atoms with Crippen LogP contribution in [0.25, 0.3) is 0 Å². The molecule has 1 aromatic heterocycles. The van der Waals surface area contributed by atoms with Gasteiger partial charge in [0.05, 0.1) is 18.7 Å². The van der Waals surface area contributed by atoms with Crippen LogP contribution in [0, 0.1) is 0 Å². The van der Waals surface area contributed by atoms with Crippen molar-refractivity contribution < 1.29 is 14.3 Å². The van der Waals surface area contributed by atoms with Crippen molar-refractivity contribution >= 4 is 29.2 Å². The summed E-state index contributed by atoms with van der Waals surface area (Å²) in [4.78, 5) is 25.5. The molecule has 25 heavy (non-hydrogen) atoms. The lowest BCUT2D eigenvalue weighted by Gasteiger charge is -2.38. The highest BCUT2D eigenvalue weighted by molar-refractivity contribution is 6.31. The van der Waals surface area contributed by atoms with Gasteiger partial charge in [-0.15, -0.1) is 0 Å². The summed E-state index contributed by atoms with van der Waals surface area (Å²) in [6.45, 7) is 4.62. The van der Waals surface area contributed by atoms with Gasteiger partial charge in [0.2, 0.25) is 5.91 Å². The van der Waals surface area contributed by atoms with Crippen molar-refractivity contribution in [1.29, 1.82) is 0 Å². The maximum absolute atomic E-state index is 12.4. The summed E-state index contributed by atoms with van der Waals surface area (Å²) in [5.74, 6) is 0.389. The molecule has 1 N–H and O–H groups in total. The highest BCUT2D eigenvalue weighted by atomic mass is 35.5. The number of carbonyl (C=O) groups is 2. The SMILES string of the molecule is C=CC(=O)N1CC(n2ccc(NC(=O)c3ccc(Cl)cc3OC)n2)C1. The molecular weight excluding hydrogens is 344 g/mol. The van der Waals surface area contributed by atoms with Gasteiger partial charge >= 0.3 is 0 Å². The van der Waals surface area contributed by atoms with E-state index in [-0.39, 0.29) is 17.9 Å². The van der Waals surface area contributed by atoms with Gasteiger partial charge in [0.1, 0.15) is 5.75 Å². The predicted octanol–water partition coefficient (Wildman–Crippen LogP) is 2.37. The summed E-state index contributed by atoms with van der Waals surface area (Å²) in [5.41, 5.74) is 0.368. The van der Waals surface area contributed by atoms with E-state index < -0.39 is 0 Å². The Hall–Kier alpha value is -2.80. The fourth-order valence-corrected chi connectivity index (χ4v) is 2.74. The molecule has 130 valence electrons. The summed E-state index contributed by atoms with van der Waals surface area (Å²) < 4.78 is 6.92. The van der Waals surface area contributed by atoms with Gasteiger partial charge in [-0.25, -0.2) is 0 Å². The summed E-state index contributed by atoms with van der Waals surface area (Å²) >= 11 is 5.90. The minimum absolute atomic E-state index is 0.0910. The molecule has 7 nitrogen and oxygen atoms in total. The average molecular weight is 361 g/mol. The second-order valence-corrected chi connectivity index (χ2v) is 6.02. The molecule has 0 unspecified atom stereocenters. The minimum Gasteiger partial charge on any atom is -0.496 e. The third kappa shape index (κ3) is 3.51. The molecule has 8 heteroatoms. The Kier molecular flexibility index (Phi) is 4.76. The third-order valence-electron chi connectivity index (χ3n) is 3.98. The molecule has 0 bridgehead atoms. The first kappa shape index (κ1) is 17.0. The fraction of sp³-hybridized carbons (Fsp3) is 0.235. The van der Waals surface area contributed by atoms with Crippen LogP contribution in [0.5, 0.6) is 5.75 Å². The van der Waals surface area contributed by atoms with Gasteiger partial charge in [-0.05, 0) is 24.3 Å². The monoisotopic (exact) mass is 360 g/mol. The Morgan fingerprint density at radius 2 is 2.16 bits per heavy atom. The highest BCUT2D eigenvalue weighted by Crippen LogP contribution is 2.25. The van der Waals surface area contributed by atoms with Crippen molar-refractivity contribution in [2.45, 2.75) is 6.04 Å². The van der Waals surface area contributed by atoms with Gasteiger partial charge < -0.3 is 15.0 Å². The van der Waals surface area contributed by atoms with Crippen molar-refractivity contribution in [2.24, 2.45) is 0 Å². The number of halogens is 1. The molecule has 1 saturated heterocycles. The molecule has 2 heterocycles. The van der Waals surface area contributed by atoms with Crippen molar-refractivity contribution in [3.63, 3.8) is 0 Å². The predicted molar refractivity (Wildman–Crippen MR) is 94.0 cm³/mol. The number of nitrogens with one attached hydrogen (secondary N) is 1. The van der Waals surface area contributed by atoms with Crippen molar-refractivity contribution in [3.8, 4) is 5.75 Å². The lowest BCUT2D eigenvalue weighted by Crippen LogP contribution is -2.50. The highest BCUT2D eigenvalue weighted by Gasteiger charge is 2.31. The first-order valence-corrected chi connectivity index (χ1v) is 8.01. The maximum atomic E-state index is 12.4. The Bertz CT molecular complexity index is 827. The number of aromatic nitrogens is 2. The number of carbonyl (C=O) groups excluding carboxylic acids is 2. The largest absolute Gasteiger partial charge is 0.496 e. The van der Waals surface area contributed by atoms with E-state index >= 15 is 0 Å². The first-order chi connectivity index (χ1) is 12.0. The number of methoxy groups -OCH3 is 1. The quantitative estimate of drug-likeness (QED) is 0.830. The van der Waals surface area contributed by atoms with Crippen LogP contribution in [0.15, 0.2) is 43.1 Å². The normalized spacial score (nSPS) is 13.9. The van der Waals surface area contributed by atoms with Gasteiger partial charge in [0, 0.05) is 30.4 Å². The van der Waals surface area contributed by atoms with Crippen LogP contribution >= 0.6 is 11.6 Å². The van der Waals surface area contributed by atoms with Gasteiger partial charge in [-0.1, -0.05) is 18.2 Å². The molecule has 2 aromatic rings. The Morgan fingerprint density at radius 1 is 1.40 bits per heavy atom. The molecule has 0 spiro atoms. The van der Waals surface area contributed by atoms with E-state index in [2.05, 4.69) is 17.0 Å². The maximum Gasteiger partial charge on any atom is 0.260 e. The number of likely N-dealkylation sites (tertiary alicyclic amines) is 1. The summed E-state index contributed by atoms with van der Waals surface area (Å²) in [6, 6.07) is 6.60. The van der Waals surface area contributed by atoms with E-state index in [0.29, 0.717) is 35.2 Å². The van der Waals surface area contributed by atoms with E-state index in [1.807, 2.05) is 0 Å². The molecule has 1 aliphatic rings. The molecule has 1 aromatic carbocycles. The second-order valence-electron chi connectivity index (χ2n) is 5.58. The Balaban J connectivity index is 1.65. The Morgan fingerprint density at radius 3 is 2.84 bits per heavy atom. The summed E-state index contributed by atoms with van der Waals surface area (Å²) in [6.07, 6.45) is 3.07. The van der Waals surface area contributed by atoms with Crippen molar-refractivity contribution in [2.75, 3.05) is 25.5 Å². The lowest BCUT2D eigenvalue weighted by molar-refractivity contribution is -0.131. The number of hydrogen-bond donors (Lipinski definition) is 1. The van der Waals surface area contributed by atoms with Crippen LogP contribution < -0.4 is 10.1 Å². The number of nitrogens with zero attached hydrogens (tertiary/aromatic N) is 3. The fourth-order valence-electron chi connectivity index (χ4n) is 2.58. The Labute approximate surface area is 149 Å². The van der Waals surface area contributed by atoms with Crippen molar-refractivity contribution in [1.82, 2.24) is 14.7 Å². The summed E-state index contributed by atoms with van der Waals surface area (Å²) in [7, 11) is 1.48. The number of anilines is 1. The van der Waals surface area contributed by atoms with E-state index in [0.717, 1.165) is 0 Å². The van der Waals surface area contributed by atoms with E-state index in [9.17, 15) is 9.59 Å². The average Bonchev–Trinajstić information content (AvgIpc) is 3.00. The molecule has 0 aliphatic carbocycles. The number of rotatable bonds is 5. The number of hydrogen-bond acceptors (Lipinski definition) is 4. The molecule has 2 amide bonds. The van der Waals surface area contributed by atoms with E-state index in [4.69, 9.17) is 16.3 Å². The van der Waals surface area contributed by atoms with Crippen LogP contribution in [0.4, 0.5) is 5.82 Å².